The van der Waals surface area contributed by atoms with Crippen LogP contribution in [0.15, 0.2) is 36.4 Å². The molecule has 1 aromatic carbocycles. The molecule has 3 unspecified atom stereocenters. The summed E-state index contributed by atoms with van der Waals surface area (Å²) >= 11 is 3.56. The van der Waals surface area contributed by atoms with Crippen molar-refractivity contribution in [1.29, 1.82) is 5.26 Å². The Morgan fingerprint density at radius 1 is 1.32 bits per heavy atom. The molecule has 0 aromatic heterocycles. The minimum absolute atomic E-state index is 0.0833. The van der Waals surface area contributed by atoms with Gasteiger partial charge in [0, 0.05) is 16.9 Å². The van der Waals surface area contributed by atoms with Gasteiger partial charge in [0.05, 0.1) is 12.7 Å². The number of allylic oxidation sites excluding steroid dienone is 1. The second-order valence-corrected chi connectivity index (χ2v) is 7.89. The molecule has 2 aliphatic rings. The lowest BCUT2D eigenvalue weighted by Gasteiger charge is -2.26. The van der Waals surface area contributed by atoms with Gasteiger partial charge in [-0.1, -0.05) is 36.4 Å². The van der Waals surface area contributed by atoms with E-state index in [1.807, 2.05) is 36.0 Å². The average molecular weight is 289 g/mol. The van der Waals surface area contributed by atoms with E-state index < -0.39 is 0 Å². The lowest BCUT2D eigenvalue weighted by Crippen LogP contribution is -2.23. The van der Waals surface area contributed by atoms with E-state index in [4.69, 9.17) is 5.11 Å². The van der Waals surface area contributed by atoms with E-state index in [0.717, 1.165) is 17.7 Å². The quantitative estimate of drug-likeness (QED) is 0.864. The third-order valence-electron chi connectivity index (χ3n) is 3.67. The van der Waals surface area contributed by atoms with Gasteiger partial charge in [0.25, 0.3) is 0 Å². The van der Waals surface area contributed by atoms with Crippen molar-refractivity contribution in [2.24, 2.45) is 5.92 Å². The van der Waals surface area contributed by atoms with Crippen molar-refractivity contribution >= 4 is 23.5 Å². The number of nitriles is 1. The first-order valence-corrected chi connectivity index (χ1v) is 8.22. The molecule has 3 atom stereocenters. The zero-order chi connectivity index (χ0) is 13.3. The van der Waals surface area contributed by atoms with Crippen LogP contribution in [0.2, 0.25) is 0 Å². The van der Waals surface area contributed by atoms with Crippen LogP contribution >= 0.6 is 23.5 Å². The second kappa shape index (κ2) is 5.24. The van der Waals surface area contributed by atoms with Gasteiger partial charge < -0.3 is 5.11 Å². The molecule has 0 amide bonds. The lowest BCUT2D eigenvalue weighted by atomic mass is 10.1. The smallest absolute Gasteiger partial charge is 0.155 e. The average Bonchev–Trinajstić information content (AvgIpc) is 3.07. The minimum Gasteiger partial charge on any atom is -0.392 e. The number of benzene rings is 1. The van der Waals surface area contributed by atoms with Crippen LogP contribution in [0.25, 0.3) is 0 Å². The maximum absolute atomic E-state index is 9.54. The maximum atomic E-state index is 9.54. The summed E-state index contributed by atoms with van der Waals surface area (Å²) in [6.45, 7) is 0.0833. The Balaban J connectivity index is 1.68. The zero-order valence-electron chi connectivity index (χ0n) is 10.5. The van der Waals surface area contributed by atoms with Gasteiger partial charge in [-0.2, -0.15) is 5.26 Å². The lowest BCUT2D eigenvalue weighted by molar-refractivity contribution is 0.282. The molecule has 1 N–H and O–H groups in total. The first kappa shape index (κ1) is 13.1. The highest BCUT2D eigenvalue weighted by Crippen LogP contribution is 2.58. The molecule has 1 fully saturated rings. The van der Waals surface area contributed by atoms with Gasteiger partial charge in [-0.05, 0) is 17.5 Å². The Hall–Kier alpha value is -0.890. The fraction of sp³-hybridized carbons (Fsp3) is 0.400. The summed E-state index contributed by atoms with van der Waals surface area (Å²) in [5.74, 6) is 1.25. The molecule has 1 aliphatic heterocycles. The molecule has 3 rings (SSSR count). The number of hydrogen-bond acceptors (Lipinski definition) is 4. The number of aliphatic hydroxyl groups is 1. The van der Waals surface area contributed by atoms with E-state index in [0.29, 0.717) is 11.2 Å². The predicted molar refractivity (Wildman–Crippen MR) is 80.6 cm³/mol. The third kappa shape index (κ3) is 2.43. The number of aliphatic hydroxyl groups excluding tert-OH is 1. The van der Waals surface area contributed by atoms with E-state index in [2.05, 4.69) is 18.2 Å². The molecule has 4 heteroatoms. The van der Waals surface area contributed by atoms with Crippen molar-refractivity contribution in [2.75, 3.05) is 0 Å². The Labute approximate surface area is 121 Å². The third-order valence-corrected chi connectivity index (χ3v) is 7.01. The topological polar surface area (TPSA) is 44.0 Å². The Kier molecular flexibility index (Phi) is 3.62. The summed E-state index contributed by atoms with van der Waals surface area (Å²) in [7, 11) is 0. The van der Waals surface area contributed by atoms with Crippen LogP contribution in [0.3, 0.4) is 0 Å². The van der Waals surface area contributed by atoms with Crippen LogP contribution in [0.5, 0.6) is 0 Å². The van der Waals surface area contributed by atoms with Gasteiger partial charge in [0.2, 0.25) is 0 Å². The molecule has 2 bridgehead atoms. The van der Waals surface area contributed by atoms with Crippen LogP contribution < -0.4 is 0 Å². The predicted octanol–water partition coefficient (Wildman–Crippen LogP) is 3.32. The minimum atomic E-state index is -0.297. The largest absolute Gasteiger partial charge is 0.392 e. The monoisotopic (exact) mass is 289 g/mol. The summed E-state index contributed by atoms with van der Waals surface area (Å²) in [4.78, 5) is 0. The molecule has 0 radical (unpaired) electrons. The summed E-state index contributed by atoms with van der Waals surface area (Å²) in [5.41, 5.74) is 2.14. The van der Waals surface area contributed by atoms with Gasteiger partial charge in [-0.3, -0.25) is 0 Å². The number of rotatable bonds is 4. The van der Waals surface area contributed by atoms with E-state index in [9.17, 15) is 5.26 Å². The van der Waals surface area contributed by atoms with E-state index in [1.165, 1.54) is 5.56 Å². The Morgan fingerprint density at radius 3 is 2.58 bits per heavy atom. The van der Waals surface area contributed by atoms with Gasteiger partial charge in [0.1, 0.15) is 0 Å². The van der Waals surface area contributed by atoms with Crippen molar-refractivity contribution in [1.82, 2.24) is 0 Å². The number of nitrogens with zero attached hydrogens (tertiary/aromatic N) is 1. The fourth-order valence-corrected chi connectivity index (χ4v) is 5.73. The van der Waals surface area contributed by atoms with Crippen molar-refractivity contribution < 1.29 is 5.11 Å². The van der Waals surface area contributed by atoms with Crippen LogP contribution in [0.1, 0.15) is 17.5 Å². The van der Waals surface area contributed by atoms with E-state index in [-0.39, 0.29) is 10.7 Å². The molecule has 19 heavy (non-hydrogen) atoms. The molecule has 1 saturated heterocycles. The SMILES string of the molecule is N#CC1(SCc2ccc(CO)cc2)SC2C=CC1C2. The standard InChI is InChI=1S/C15H15NOS2/c16-10-15(13-5-6-14(7-13)19-15)18-9-12-3-1-11(8-17)2-4-12/h1-6,13-14,17H,7-9H2. The van der Waals surface area contributed by atoms with Gasteiger partial charge in [-0.15, -0.1) is 23.5 Å². The Bertz CT molecular complexity index is 534. The van der Waals surface area contributed by atoms with Crippen molar-refractivity contribution in [3.63, 3.8) is 0 Å². The van der Waals surface area contributed by atoms with E-state index >= 15 is 0 Å². The van der Waals surface area contributed by atoms with Crippen LogP contribution in [0, 0.1) is 17.2 Å². The summed E-state index contributed by atoms with van der Waals surface area (Å²) in [5, 5.41) is 19.1. The molecular formula is C15H15NOS2. The highest BCUT2D eigenvalue weighted by molar-refractivity contribution is 8.18. The molecule has 98 valence electrons. The Morgan fingerprint density at radius 2 is 2.05 bits per heavy atom. The van der Waals surface area contributed by atoms with Crippen molar-refractivity contribution in [3.8, 4) is 6.07 Å². The first-order chi connectivity index (χ1) is 9.25. The number of thioether (sulfide) groups is 2. The molecule has 1 aliphatic carbocycles. The highest BCUT2D eigenvalue weighted by Gasteiger charge is 2.50. The maximum Gasteiger partial charge on any atom is 0.155 e. The van der Waals surface area contributed by atoms with Crippen LogP contribution in [-0.2, 0) is 12.4 Å². The van der Waals surface area contributed by atoms with Gasteiger partial charge in [0.15, 0.2) is 4.08 Å². The zero-order valence-corrected chi connectivity index (χ0v) is 12.1. The molecule has 2 nitrogen and oxygen atoms in total. The van der Waals surface area contributed by atoms with Gasteiger partial charge >= 0.3 is 0 Å². The van der Waals surface area contributed by atoms with Crippen molar-refractivity contribution in [3.05, 3.63) is 47.5 Å². The molecule has 1 aromatic rings. The molecule has 0 spiro atoms. The summed E-state index contributed by atoms with van der Waals surface area (Å²) < 4.78 is -0.297. The second-order valence-electron chi connectivity index (χ2n) is 4.93. The summed E-state index contributed by atoms with van der Waals surface area (Å²) in [6.07, 6.45) is 5.57. The van der Waals surface area contributed by atoms with E-state index in [1.54, 1.807) is 11.8 Å². The van der Waals surface area contributed by atoms with Crippen LogP contribution in [-0.4, -0.2) is 14.4 Å². The summed E-state index contributed by atoms with van der Waals surface area (Å²) in [6, 6.07) is 10.5. The highest BCUT2D eigenvalue weighted by atomic mass is 32.2. The molecule has 1 heterocycles. The normalized spacial score (nSPS) is 31.6. The number of hydrogen-bond donors (Lipinski definition) is 1. The van der Waals surface area contributed by atoms with Crippen LogP contribution in [0.4, 0.5) is 0 Å². The van der Waals surface area contributed by atoms with Crippen molar-refractivity contribution in [2.45, 2.75) is 28.1 Å². The molecule has 0 saturated carbocycles. The fourth-order valence-electron chi connectivity index (χ4n) is 2.56. The first-order valence-electron chi connectivity index (χ1n) is 6.36. The van der Waals surface area contributed by atoms with Gasteiger partial charge in [-0.25, -0.2) is 0 Å². The molecular weight excluding hydrogens is 274 g/mol. The number of fused-ring (bicyclic) bond motifs is 2.